The van der Waals surface area contributed by atoms with Gasteiger partial charge in [0.05, 0.1) is 22.1 Å². The number of benzene rings is 4. The van der Waals surface area contributed by atoms with Crippen LogP contribution in [0.15, 0.2) is 103 Å². The van der Waals surface area contributed by atoms with E-state index in [4.69, 9.17) is 9.97 Å². The largest absolute Gasteiger partial charge is 0.278 e. The summed E-state index contributed by atoms with van der Waals surface area (Å²) in [5.74, 6) is 1.66. The second kappa shape index (κ2) is 7.12. The number of fused-ring (bicyclic) bond motifs is 5. The zero-order valence-corrected chi connectivity index (χ0v) is 18.3. The second-order valence-electron chi connectivity index (χ2n) is 7.90. The molecule has 0 radical (unpaired) electrons. The van der Waals surface area contributed by atoms with Gasteiger partial charge in [-0.25, -0.2) is 9.97 Å². The minimum Gasteiger partial charge on any atom is -0.278 e. The lowest BCUT2D eigenvalue weighted by Crippen LogP contribution is -1.95. The third-order valence-electron chi connectivity index (χ3n) is 5.94. The lowest BCUT2D eigenvalue weighted by Gasteiger charge is -2.06. The van der Waals surface area contributed by atoms with Gasteiger partial charge in [0, 0.05) is 16.8 Å². The molecule has 156 valence electrons. The summed E-state index contributed by atoms with van der Waals surface area (Å²) in [4.78, 5) is 9.71. The Bertz CT molecular complexity index is 1760. The van der Waals surface area contributed by atoms with Crippen molar-refractivity contribution in [2.45, 2.75) is 0 Å². The lowest BCUT2D eigenvalue weighted by atomic mass is 10.2. The van der Waals surface area contributed by atoms with Crippen LogP contribution in [0.2, 0.25) is 0 Å². The van der Waals surface area contributed by atoms with Gasteiger partial charge in [-0.05, 0) is 60.1 Å². The van der Waals surface area contributed by atoms with Gasteiger partial charge in [0.2, 0.25) is 5.78 Å². The van der Waals surface area contributed by atoms with Gasteiger partial charge in [0.1, 0.15) is 5.01 Å². The maximum absolute atomic E-state index is 4.95. The Morgan fingerprint density at radius 1 is 0.576 bits per heavy atom. The summed E-state index contributed by atoms with van der Waals surface area (Å²) in [7, 11) is 0. The van der Waals surface area contributed by atoms with Crippen LogP contribution in [0.25, 0.3) is 55.5 Å². The van der Waals surface area contributed by atoms with E-state index < -0.39 is 0 Å². The molecule has 0 spiro atoms. The maximum Gasteiger partial charge on any atom is 0.220 e. The highest BCUT2D eigenvalue weighted by Gasteiger charge is 2.17. The summed E-state index contributed by atoms with van der Waals surface area (Å²) in [5.41, 5.74) is 7.50. The van der Waals surface area contributed by atoms with Crippen LogP contribution < -0.4 is 0 Å². The van der Waals surface area contributed by atoms with E-state index in [9.17, 15) is 0 Å². The average Bonchev–Trinajstić information content (AvgIpc) is 3.58. The maximum atomic E-state index is 4.95. The van der Waals surface area contributed by atoms with Gasteiger partial charge in [0.25, 0.3) is 0 Å². The van der Waals surface area contributed by atoms with Gasteiger partial charge in [-0.2, -0.15) is 4.37 Å². The monoisotopic (exact) mass is 443 g/mol. The van der Waals surface area contributed by atoms with E-state index in [-0.39, 0.29) is 0 Å². The minimum absolute atomic E-state index is 0.750. The number of nitrogens with zero attached hydrogens (tertiary/aromatic N) is 5. The Kier molecular flexibility index (Phi) is 3.95. The molecule has 0 amide bonds. The van der Waals surface area contributed by atoms with Crippen LogP contribution in [0.5, 0.6) is 0 Å². The van der Waals surface area contributed by atoms with Crippen LogP contribution in [0.1, 0.15) is 0 Å². The fourth-order valence-corrected chi connectivity index (χ4v) is 5.09. The number of hydrogen-bond acceptors (Lipinski definition) is 4. The first-order chi connectivity index (χ1) is 16.4. The summed E-state index contributed by atoms with van der Waals surface area (Å²) >= 11 is 1.43. The molecule has 0 aliphatic heterocycles. The summed E-state index contributed by atoms with van der Waals surface area (Å²) in [6.45, 7) is 0. The van der Waals surface area contributed by atoms with Crippen molar-refractivity contribution < 1.29 is 0 Å². The number of para-hydroxylation sites is 4. The molecule has 4 aromatic carbocycles. The van der Waals surface area contributed by atoms with Crippen LogP contribution in [0.3, 0.4) is 0 Å². The van der Waals surface area contributed by atoms with Gasteiger partial charge < -0.3 is 0 Å². The smallest absolute Gasteiger partial charge is 0.220 e. The Morgan fingerprint density at radius 2 is 1.27 bits per heavy atom. The molecule has 0 aliphatic carbocycles. The highest BCUT2D eigenvalue weighted by Crippen LogP contribution is 2.30. The Morgan fingerprint density at radius 3 is 2.09 bits per heavy atom. The Hall–Kier alpha value is -4.29. The Balaban J connectivity index is 1.36. The molecule has 3 aromatic heterocycles. The van der Waals surface area contributed by atoms with Crippen molar-refractivity contribution in [2.24, 2.45) is 0 Å². The molecule has 6 heteroatoms. The predicted molar refractivity (Wildman–Crippen MR) is 134 cm³/mol. The molecule has 0 unspecified atom stereocenters. The molecule has 5 nitrogen and oxygen atoms in total. The summed E-state index contributed by atoms with van der Waals surface area (Å²) in [6.07, 6.45) is 0. The zero-order chi connectivity index (χ0) is 21.8. The number of aromatic nitrogens is 5. The van der Waals surface area contributed by atoms with Gasteiger partial charge in [-0.15, -0.1) is 0 Å². The quantitative estimate of drug-likeness (QED) is 0.308. The topological polar surface area (TPSA) is 48.0 Å². The van der Waals surface area contributed by atoms with E-state index >= 15 is 0 Å². The lowest BCUT2D eigenvalue weighted by molar-refractivity contribution is 1.11. The highest BCUT2D eigenvalue weighted by molar-refractivity contribution is 7.09. The summed E-state index contributed by atoms with van der Waals surface area (Å²) in [5, 5.41) is 0.928. The van der Waals surface area contributed by atoms with Gasteiger partial charge >= 0.3 is 0 Å². The number of rotatable bonds is 3. The SMILES string of the molecule is c1ccc(-c2nc(-c3ccc(-n4c5ccccc5n5c6ccccc6nc45)cc3)ns2)cc1. The van der Waals surface area contributed by atoms with E-state index in [1.807, 2.05) is 24.3 Å². The van der Waals surface area contributed by atoms with Gasteiger partial charge in [0.15, 0.2) is 5.82 Å². The number of imidazole rings is 2. The molecule has 3 heterocycles. The first-order valence-electron chi connectivity index (χ1n) is 10.7. The minimum atomic E-state index is 0.750. The molecule has 0 fully saturated rings. The molecule has 0 atom stereocenters. The first-order valence-corrected chi connectivity index (χ1v) is 11.5. The van der Waals surface area contributed by atoms with Crippen molar-refractivity contribution in [3.05, 3.63) is 103 Å². The molecule has 0 saturated carbocycles. The molecule has 0 aliphatic rings. The van der Waals surface area contributed by atoms with Gasteiger partial charge in [-0.3, -0.25) is 8.97 Å². The normalized spacial score (nSPS) is 11.6. The van der Waals surface area contributed by atoms with Crippen molar-refractivity contribution in [1.29, 1.82) is 0 Å². The fourth-order valence-electron chi connectivity index (χ4n) is 4.40. The van der Waals surface area contributed by atoms with E-state index in [2.05, 4.69) is 92.2 Å². The van der Waals surface area contributed by atoms with Crippen LogP contribution in [-0.2, 0) is 0 Å². The molecule has 7 rings (SSSR count). The van der Waals surface area contributed by atoms with Crippen molar-refractivity contribution in [1.82, 2.24) is 23.3 Å². The van der Waals surface area contributed by atoms with Crippen LogP contribution in [0.4, 0.5) is 0 Å². The molecule has 0 saturated heterocycles. The van der Waals surface area contributed by atoms with Crippen LogP contribution in [0, 0.1) is 0 Å². The highest BCUT2D eigenvalue weighted by atomic mass is 32.1. The third kappa shape index (κ3) is 2.81. The van der Waals surface area contributed by atoms with E-state index in [1.54, 1.807) is 0 Å². The third-order valence-corrected chi connectivity index (χ3v) is 6.70. The molecular formula is C27H17N5S. The van der Waals surface area contributed by atoms with E-state index in [1.165, 1.54) is 11.5 Å². The van der Waals surface area contributed by atoms with E-state index in [0.29, 0.717) is 0 Å². The Labute approximate surface area is 193 Å². The predicted octanol–water partition coefficient (Wildman–Crippen LogP) is 6.62. The molecule has 33 heavy (non-hydrogen) atoms. The van der Waals surface area contributed by atoms with Crippen molar-refractivity contribution in [3.63, 3.8) is 0 Å². The second-order valence-corrected chi connectivity index (χ2v) is 8.65. The van der Waals surface area contributed by atoms with Crippen LogP contribution >= 0.6 is 11.5 Å². The molecule has 7 aromatic rings. The molecule has 0 bridgehead atoms. The standard InChI is InChI=1S/C27H17N5S/c1-2-8-19(9-3-1)26-29-25(30-33-26)18-14-16-20(17-15-18)31-23-12-6-7-13-24(23)32-22-11-5-4-10-21(22)28-27(31)32/h1-17H. The van der Waals surface area contributed by atoms with Crippen molar-refractivity contribution >= 4 is 39.4 Å². The first kappa shape index (κ1) is 18.3. The van der Waals surface area contributed by atoms with Crippen molar-refractivity contribution in [3.8, 4) is 27.6 Å². The van der Waals surface area contributed by atoms with E-state index in [0.717, 1.165) is 55.5 Å². The van der Waals surface area contributed by atoms with Gasteiger partial charge in [-0.1, -0.05) is 54.6 Å². The fraction of sp³-hybridized carbons (Fsp3) is 0. The van der Waals surface area contributed by atoms with Crippen LogP contribution in [-0.4, -0.2) is 23.3 Å². The summed E-state index contributed by atoms with van der Waals surface area (Å²) in [6, 6.07) is 35.3. The number of hydrogen-bond donors (Lipinski definition) is 0. The summed E-state index contributed by atoms with van der Waals surface area (Å²) < 4.78 is 9.03. The zero-order valence-electron chi connectivity index (χ0n) is 17.5. The molecule has 0 N–H and O–H groups in total. The van der Waals surface area contributed by atoms with Crippen molar-refractivity contribution in [2.75, 3.05) is 0 Å². The molecular weight excluding hydrogens is 426 g/mol. The average molecular weight is 444 g/mol.